The fraction of sp³-hybridized carbons (Fsp3) is 0.550. The molecule has 0 N–H and O–H groups in total. The van der Waals surface area contributed by atoms with E-state index in [0.717, 1.165) is 11.8 Å². The zero-order chi connectivity index (χ0) is 14.8. The van der Waals surface area contributed by atoms with Gasteiger partial charge in [0.1, 0.15) is 0 Å². The van der Waals surface area contributed by atoms with Crippen molar-refractivity contribution in [1.29, 1.82) is 0 Å². The number of para-hydroxylation sites is 1. The van der Waals surface area contributed by atoms with Crippen LogP contribution >= 0.6 is 22.6 Å². The summed E-state index contributed by atoms with van der Waals surface area (Å²) in [6.45, 7) is 0. The van der Waals surface area contributed by atoms with Crippen molar-refractivity contribution < 1.29 is 4.57 Å². The number of fused-ring (bicyclic) bond motifs is 1. The lowest BCUT2D eigenvalue weighted by Crippen LogP contribution is -2.67. The van der Waals surface area contributed by atoms with Crippen LogP contribution in [0.1, 0.15) is 38.5 Å². The molecule has 2 unspecified atom stereocenters. The minimum Gasteiger partial charge on any atom is -0.193 e. The normalized spacial score (nSPS) is 39.5. The van der Waals surface area contributed by atoms with Gasteiger partial charge in [-0.25, -0.2) is 0 Å². The van der Waals surface area contributed by atoms with E-state index in [1.165, 1.54) is 53.9 Å². The standard InChI is InChI=1S/C20H23IN/c21-14-19-9-15-8-16(10-19)12-20(11-15,13-19)22-7-3-5-17-4-1-2-6-18(17)22/h1-7,15-16H,8-14H2/q+1/t15-,16+,19?,20?. The van der Waals surface area contributed by atoms with Gasteiger partial charge in [-0.05, 0) is 48.6 Å². The van der Waals surface area contributed by atoms with Gasteiger partial charge in [-0.3, -0.25) is 0 Å². The van der Waals surface area contributed by atoms with E-state index in [4.69, 9.17) is 0 Å². The van der Waals surface area contributed by atoms with Gasteiger partial charge >= 0.3 is 0 Å². The number of hydrogen-bond donors (Lipinski definition) is 0. The second kappa shape index (κ2) is 4.68. The Labute approximate surface area is 146 Å². The first-order chi connectivity index (χ1) is 10.7. The summed E-state index contributed by atoms with van der Waals surface area (Å²) in [6, 6.07) is 13.5. The Kier molecular flexibility index (Phi) is 2.93. The van der Waals surface area contributed by atoms with Gasteiger partial charge in [0.05, 0.1) is 0 Å². The van der Waals surface area contributed by atoms with E-state index >= 15 is 0 Å². The molecule has 2 heteroatoms. The van der Waals surface area contributed by atoms with Gasteiger partial charge in [-0.15, -0.1) is 0 Å². The summed E-state index contributed by atoms with van der Waals surface area (Å²) in [6.07, 6.45) is 11.1. The molecular weight excluding hydrogens is 381 g/mol. The van der Waals surface area contributed by atoms with Gasteiger partial charge in [0.2, 0.25) is 5.52 Å². The predicted octanol–water partition coefficient (Wildman–Crippen LogP) is 4.86. The Morgan fingerprint density at radius 2 is 1.73 bits per heavy atom. The Morgan fingerprint density at radius 1 is 1.00 bits per heavy atom. The van der Waals surface area contributed by atoms with Crippen molar-refractivity contribution in [2.24, 2.45) is 17.3 Å². The Morgan fingerprint density at radius 3 is 2.50 bits per heavy atom. The SMILES string of the molecule is ICC12C[C@H]3C[C@@H](C1)CC([n+]1cccc4ccccc41)(C3)C2. The molecule has 4 bridgehead atoms. The lowest BCUT2D eigenvalue weighted by atomic mass is 9.47. The van der Waals surface area contributed by atoms with E-state index in [1.807, 2.05) is 0 Å². The predicted molar refractivity (Wildman–Crippen MR) is 98.1 cm³/mol. The molecule has 4 saturated carbocycles. The van der Waals surface area contributed by atoms with E-state index in [9.17, 15) is 0 Å². The van der Waals surface area contributed by atoms with Crippen molar-refractivity contribution in [2.45, 2.75) is 44.1 Å². The zero-order valence-electron chi connectivity index (χ0n) is 13.0. The van der Waals surface area contributed by atoms with Crippen LogP contribution in [0, 0.1) is 17.3 Å². The third-order valence-electron chi connectivity index (χ3n) is 6.65. The Bertz CT molecular complexity index is 718. The smallest absolute Gasteiger partial charge is 0.193 e. The number of alkyl halides is 1. The first-order valence-corrected chi connectivity index (χ1v) is 10.2. The van der Waals surface area contributed by atoms with Crippen LogP contribution < -0.4 is 4.57 Å². The first-order valence-electron chi connectivity index (χ1n) is 8.68. The third-order valence-corrected chi connectivity index (χ3v) is 8.27. The number of aromatic nitrogens is 1. The quantitative estimate of drug-likeness (QED) is 0.383. The van der Waals surface area contributed by atoms with Gasteiger partial charge in [-0.1, -0.05) is 34.7 Å². The minimum atomic E-state index is 0.399. The van der Waals surface area contributed by atoms with Crippen molar-refractivity contribution in [2.75, 3.05) is 4.43 Å². The topological polar surface area (TPSA) is 3.88 Å². The van der Waals surface area contributed by atoms with Crippen LogP contribution in [0.5, 0.6) is 0 Å². The molecule has 1 heterocycles. The summed E-state index contributed by atoms with van der Waals surface area (Å²) >= 11 is 2.67. The molecule has 0 aliphatic heterocycles. The second-order valence-corrected chi connectivity index (χ2v) is 9.02. The summed E-state index contributed by atoms with van der Waals surface area (Å²) in [7, 11) is 0. The fourth-order valence-corrected chi connectivity index (χ4v) is 7.31. The molecule has 114 valence electrons. The van der Waals surface area contributed by atoms with Crippen LogP contribution in [0.4, 0.5) is 0 Å². The average Bonchev–Trinajstić information content (AvgIpc) is 2.53. The van der Waals surface area contributed by atoms with E-state index in [2.05, 4.69) is 69.8 Å². The van der Waals surface area contributed by atoms with Gasteiger partial charge in [0.15, 0.2) is 11.7 Å². The molecule has 22 heavy (non-hydrogen) atoms. The Balaban J connectivity index is 1.70. The number of nitrogens with zero attached hydrogens (tertiary/aromatic N) is 1. The lowest BCUT2D eigenvalue weighted by Gasteiger charge is -2.58. The van der Waals surface area contributed by atoms with E-state index in [-0.39, 0.29) is 0 Å². The van der Waals surface area contributed by atoms with E-state index in [1.54, 1.807) is 0 Å². The van der Waals surface area contributed by atoms with Crippen LogP contribution in [0.15, 0.2) is 42.6 Å². The maximum absolute atomic E-state index is 2.68. The van der Waals surface area contributed by atoms with Crippen molar-refractivity contribution in [3.05, 3.63) is 42.6 Å². The molecule has 4 aliphatic carbocycles. The highest BCUT2D eigenvalue weighted by Gasteiger charge is 2.62. The second-order valence-electron chi connectivity index (χ2n) is 8.26. The van der Waals surface area contributed by atoms with Crippen LogP contribution in [0.25, 0.3) is 10.9 Å². The monoisotopic (exact) mass is 404 g/mol. The van der Waals surface area contributed by atoms with Crippen molar-refractivity contribution in [1.82, 2.24) is 0 Å². The first kappa shape index (κ1) is 13.8. The van der Waals surface area contributed by atoms with Gasteiger partial charge in [0.25, 0.3) is 0 Å². The van der Waals surface area contributed by atoms with Gasteiger partial charge < -0.3 is 0 Å². The highest BCUT2D eigenvalue weighted by atomic mass is 127. The number of hydrogen-bond acceptors (Lipinski definition) is 0. The lowest BCUT2D eigenvalue weighted by molar-refractivity contribution is -0.756. The molecule has 1 nitrogen and oxygen atoms in total. The molecule has 4 fully saturated rings. The number of benzene rings is 1. The third kappa shape index (κ3) is 1.85. The van der Waals surface area contributed by atoms with Crippen LogP contribution in [-0.4, -0.2) is 4.43 Å². The zero-order valence-corrected chi connectivity index (χ0v) is 15.1. The summed E-state index contributed by atoms with van der Waals surface area (Å²) in [5.41, 5.74) is 2.47. The van der Waals surface area contributed by atoms with Crippen molar-refractivity contribution in [3.63, 3.8) is 0 Å². The molecule has 6 rings (SSSR count). The number of pyridine rings is 1. The molecule has 4 aliphatic rings. The summed E-state index contributed by atoms with van der Waals surface area (Å²) in [5.74, 6) is 1.95. The van der Waals surface area contributed by atoms with Gasteiger partial charge in [-0.2, -0.15) is 4.57 Å². The molecule has 0 radical (unpaired) electrons. The maximum Gasteiger partial charge on any atom is 0.212 e. The van der Waals surface area contributed by atoms with Crippen LogP contribution in [0.2, 0.25) is 0 Å². The molecule has 0 amide bonds. The summed E-state index contributed by atoms with van der Waals surface area (Å²) in [4.78, 5) is 0. The molecule has 2 aromatic rings. The van der Waals surface area contributed by atoms with Crippen LogP contribution in [0.3, 0.4) is 0 Å². The maximum atomic E-state index is 2.68. The minimum absolute atomic E-state index is 0.399. The largest absolute Gasteiger partial charge is 0.212 e. The highest BCUT2D eigenvalue weighted by Crippen LogP contribution is 2.63. The summed E-state index contributed by atoms with van der Waals surface area (Å²) in [5, 5.41) is 1.39. The highest BCUT2D eigenvalue weighted by molar-refractivity contribution is 14.1. The average molecular weight is 404 g/mol. The van der Waals surface area contributed by atoms with Crippen molar-refractivity contribution in [3.8, 4) is 0 Å². The Hall–Kier alpha value is -0.640. The van der Waals surface area contributed by atoms with E-state index < -0.39 is 0 Å². The molecule has 4 atom stereocenters. The molecular formula is C20H23IN+. The van der Waals surface area contributed by atoms with Crippen molar-refractivity contribution >= 4 is 33.5 Å². The number of halogens is 1. The number of rotatable bonds is 2. The molecule has 1 aromatic heterocycles. The van der Waals surface area contributed by atoms with Crippen LogP contribution in [-0.2, 0) is 5.54 Å². The van der Waals surface area contributed by atoms with E-state index in [0.29, 0.717) is 11.0 Å². The fourth-order valence-electron chi connectivity index (χ4n) is 6.41. The van der Waals surface area contributed by atoms with Gasteiger partial charge in [0, 0.05) is 41.2 Å². The summed E-state index contributed by atoms with van der Waals surface area (Å²) < 4.78 is 4.03. The molecule has 1 aromatic carbocycles. The molecule has 0 saturated heterocycles. The molecule has 0 spiro atoms.